The normalized spacial score (nSPS) is 17.5. The second kappa shape index (κ2) is 12.1. The van der Waals surface area contributed by atoms with Gasteiger partial charge in [0.05, 0.1) is 12.1 Å². The van der Waals surface area contributed by atoms with Gasteiger partial charge in [0.25, 0.3) is 0 Å². The molecule has 2 heteroatoms. The Kier molecular flexibility index (Phi) is 8.59. The highest BCUT2D eigenvalue weighted by atomic mass is 15.4. The number of benzene rings is 4. The van der Waals surface area contributed by atoms with E-state index in [1.54, 1.807) is 0 Å². The minimum atomic E-state index is 0.0567. The second-order valence-corrected chi connectivity index (χ2v) is 12.8. The van der Waals surface area contributed by atoms with E-state index in [1.165, 1.54) is 44.8 Å². The van der Waals surface area contributed by atoms with Gasteiger partial charge in [-0.25, -0.2) is 0 Å². The largest absolute Gasteiger partial charge is 0.331 e. The van der Waals surface area contributed by atoms with E-state index >= 15 is 0 Å². The molecule has 0 amide bonds. The summed E-state index contributed by atoms with van der Waals surface area (Å²) in [7, 11) is 0. The monoisotopic (exact) mass is 542 g/mol. The molecule has 0 aromatic heterocycles. The van der Waals surface area contributed by atoms with Crippen LogP contribution >= 0.6 is 0 Å². The Bertz CT molecular complexity index is 1320. The molecule has 0 aliphatic carbocycles. The third-order valence-corrected chi connectivity index (χ3v) is 8.56. The highest BCUT2D eigenvalue weighted by Gasteiger charge is 2.45. The van der Waals surface area contributed by atoms with E-state index in [4.69, 9.17) is 0 Å². The van der Waals surface area contributed by atoms with Gasteiger partial charge in [0.15, 0.2) is 0 Å². The lowest BCUT2D eigenvalue weighted by molar-refractivity contribution is 0.614. The van der Waals surface area contributed by atoms with Crippen LogP contribution in [0.1, 0.15) is 125 Å². The van der Waals surface area contributed by atoms with Crippen molar-refractivity contribution in [2.75, 3.05) is 9.80 Å². The van der Waals surface area contributed by atoms with Gasteiger partial charge in [0.2, 0.25) is 6.67 Å². The average Bonchev–Trinajstić information content (AvgIpc) is 3.37. The molecule has 0 saturated carbocycles. The van der Waals surface area contributed by atoms with Crippen LogP contribution in [0.5, 0.6) is 0 Å². The molecule has 4 aromatic carbocycles. The Balaban J connectivity index is 1.80. The molecule has 4 aromatic rings. The zero-order valence-electron chi connectivity index (χ0n) is 26.1. The van der Waals surface area contributed by atoms with Crippen molar-refractivity contribution >= 4 is 11.4 Å². The summed E-state index contributed by atoms with van der Waals surface area (Å²) in [6.45, 7) is 22.4. The molecule has 2 nitrogen and oxygen atoms in total. The molecule has 2 radical (unpaired) electrons. The van der Waals surface area contributed by atoms with Gasteiger partial charge in [0.1, 0.15) is 0 Å². The van der Waals surface area contributed by atoms with Crippen molar-refractivity contribution in [1.29, 1.82) is 0 Å². The first-order chi connectivity index (χ1) is 19.7. The van der Waals surface area contributed by atoms with Gasteiger partial charge in [-0.2, -0.15) is 0 Å². The van der Waals surface area contributed by atoms with Crippen molar-refractivity contribution in [1.82, 2.24) is 0 Å². The van der Waals surface area contributed by atoms with Crippen molar-refractivity contribution in [2.45, 2.75) is 91.1 Å². The predicted octanol–water partition coefficient (Wildman–Crippen LogP) is 11.0. The molecule has 0 unspecified atom stereocenters. The van der Waals surface area contributed by atoms with Crippen LogP contribution in [0.15, 0.2) is 97.1 Å². The fourth-order valence-corrected chi connectivity index (χ4v) is 6.13. The van der Waals surface area contributed by atoms with E-state index in [0.717, 1.165) is 0 Å². The standard InChI is InChI=1S/C39H46N2/c1-26(2)32-19-21-34(28(5)6)36(23-32)40-25-41(37-24-33(27(3)4)20-22-35(37)29(7)8)39(31-17-13-10-14-18-31)38(40)30-15-11-9-12-16-30/h9-24,26-29,38-39H,1-8H3/t38-,39-/m1/s1. The molecule has 41 heavy (non-hydrogen) atoms. The van der Waals surface area contributed by atoms with Gasteiger partial charge in [0, 0.05) is 11.4 Å². The van der Waals surface area contributed by atoms with Crippen molar-refractivity contribution in [2.24, 2.45) is 0 Å². The molecule has 1 aliphatic rings. The molecular formula is C39H46N2. The smallest absolute Gasteiger partial charge is 0.210 e. The molecule has 212 valence electrons. The Morgan fingerprint density at radius 1 is 0.463 bits per heavy atom. The topological polar surface area (TPSA) is 6.48 Å². The predicted molar refractivity (Wildman–Crippen MR) is 176 cm³/mol. The summed E-state index contributed by atoms with van der Waals surface area (Å²) < 4.78 is 0. The van der Waals surface area contributed by atoms with Crippen LogP contribution in [0, 0.1) is 6.67 Å². The lowest BCUT2D eigenvalue weighted by atomic mass is 9.89. The maximum absolute atomic E-state index is 4.01. The summed E-state index contributed by atoms with van der Waals surface area (Å²) in [4.78, 5) is 4.92. The average molecular weight is 543 g/mol. The zero-order valence-corrected chi connectivity index (χ0v) is 26.1. The molecule has 0 N–H and O–H groups in total. The summed E-state index contributed by atoms with van der Waals surface area (Å²) in [5, 5.41) is 0. The Morgan fingerprint density at radius 2 is 0.829 bits per heavy atom. The van der Waals surface area contributed by atoms with E-state index in [2.05, 4.69) is 169 Å². The summed E-state index contributed by atoms with van der Waals surface area (Å²) in [5.41, 5.74) is 10.5. The molecular weight excluding hydrogens is 496 g/mol. The van der Waals surface area contributed by atoms with Crippen LogP contribution in [0.4, 0.5) is 11.4 Å². The number of hydrogen-bond donors (Lipinski definition) is 0. The highest BCUT2D eigenvalue weighted by molar-refractivity contribution is 5.70. The molecule has 1 aliphatic heterocycles. The van der Waals surface area contributed by atoms with Crippen LogP contribution in [0.25, 0.3) is 0 Å². The fraction of sp³-hybridized carbons (Fsp3) is 0.359. The quantitative estimate of drug-likeness (QED) is 0.218. The second-order valence-electron chi connectivity index (χ2n) is 12.8. The van der Waals surface area contributed by atoms with Crippen molar-refractivity contribution in [3.05, 3.63) is 137 Å². The lowest BCUT2D eigenvalue weighted by Gasteiger charge is -2.32. The van der Waals surface area contributed by atoms with E-state index in [0.29, 0.717) is 23.7 Å². The van der Waals surface area contributed by atoms with Crippen molar-refractivity contribution in [3.8, 4) is 0 Å². The first-order valence-corrected chi connectivity index (χ1v) is 15.4. The minimum Gasteiger partial charge on any atom is -0.331 e. The van der Waals surface area contributed by atoms with E-state index in [9.17, 15) is 0 Å². The van der Waals surface area contributed by atoms with E-state index < -0.39 is 0 Å². The van der Waals surface area contributed by atoms with Gasteiger partial charge in [-0.15, -0.1) is 0 Å². The Hall–Kier alpha value is -3.52. The first-order valence-electron chi connectivity index (χ1n) is 15.4. The van der Waals surface area contributed by atoms with Crippen molar-refractivity contribution < 1.29 is 0 Å². The number of anilines is 2. The maximum atomic E-state index is 4.01. The van der Waals surface area contributed by atoms with Gasteiger partial charge in [-0.1, -0.05) is 140 Å². The minimum absolute atomic E-state index is 0.0567. The maximum Gasteiger partial charge on any atom is 0.210 e. The van der Waals surface area contributed by atoms with Gasteiger partial charge in [-0.05, 0) is 69.2 Å². The summed E-state index contributed by atoms with van der Waals surface area (Å²) >= 11 is 0. The molecule has 1 heterocycles. The summed E-state index contributed by atoms with van der Waals surface area (Å²) in [6.07, 6.45) is 0. The molecule has 1 fully saturated rings. The number of hydrogen-bond acceptors (Lipinski definition) is 2. The highest BCUT2D eigenvalue weighted by Crippen LogP contribution is 2.52. The lowest BCUT2D eigenvalue weighted by Crippen LogP contribution is -2.25. The van der Waals surface area contributed by atoms with E-state index in [1.807, 2.05) is 0 Å². The van der Waals surface area contributed by atoms with Crippen molar-refractivity contribution in [3.63, 3.8) is 0 Å². The third kappa shape index (κ3) is 5.80. The summed E-state index contributed by atoms with van der Waals surface area (Å²) in [6, 6.07) is 36.3. The SMILES string of the molecule is CC(C)c1ccc(C(C)C)c(N2[C]N(c3cc(C(C)C)ccc3C(C)C)[C@H](c3ccccc3)[C@H]2c2ccccc2)c1. The van der Waals surface area contributed by atoms with Crippen LogP contribution < -0.4 is 9.80 Å². The number of rotatable bonds is 8. The molecule has 2 atom stereocenters. The van der Waals surface area contributed by atoms with Crippen LogP contribution in [0.2, 0.25) is 0 Å². The van der Waals surface area contributed by atoms with Gasteiger partial charge in [-0.3, -0.25) is 0 Å². The van der Waals surface area contributed by atoms with Gasteiger partial charge >= 0.3 is 0 Å². The van der Waals surface area contributed by atoms with Crippen LogP contribution in [-0.2, 0) is 0 Å². The Labute approximate surface area is 249 Å². The van der Waals surface area contributed by atoms with Crippen LogP contribution in [-0.4, -0.2) is 0 Å². The fourth-order valence-electron chi connectivity index (χ4n) is 6.13. The third-order valence-electron chi connectivity index (χ3n) is 8.56. The van der Waals surface area contributed by atoms with E-state index in [-0.39, 0.29) is 12.1 Å². The Morgan fingerprint density at radius 3 is 1.15 bits per heavy atom. The first kappa shape index (κ1) is 29.0. The zero-order chi connectivity index (χ0) is 29.3. The van der Waals surface area contributed by atoms with Crippen LogP contribution in [0.3, 0.4) is 0 Å². The summed E-state index contributed by atoms with van der Waals surface area (Å²) in [5.74, 6) is 1.68. The molecule has 1 saturated heterocycles. The molecule has 0 bridgehead atoms. The molecule has 0 spiro atoms. The molecule has 5 rings (SSSR count). The number of nitrogens with zero attached hydrogens (tertiary/aromatic N) is 2. The van der Waals surface area contributed by atoms with Gasteiger partial charge < -0.3 is 9.80 Å².